The van der Waals surface area contributed by atoms with E-state index < -0.39 is 17.3 Å². The lowest BCUT2D eigenvalue weighted by Gasteiger charge is -2.28. The Morgan fingerprint density at radius 2 is 1.71 bits per heavy atom. The van der Waals surface area contributed by atoms with Crippen LogP contribution in [-0.4, -0.2) is 64.3 Å². The summed E-state index contributed by atoms with van der Waals surface area (Å²) in [6, 6.07) is 13.2. The van der Waals surface area contributed by atoms with Gasteiger partial charge in [0.05, 0.1) is 25.2 Å². The van der Waals surface area contributed by atoms with Crippen LogP contribution in [0.3, 0.4) is 0 Å². The van der Waals surface area contributed by atoms with E-state index in [2.05, 4.69) is 0 Å². The number of likely N-dealkylation sites (N-methyl/N-ethyl adjacent to an activating group) is 1. The van der Waals surface area contributed by atoms with Crippen molar-refractivity contribution in [1.29, 1.82) is 0 Å². The quantitative estimate of drug-likeness (QED) is 0.607. The minimum absolute atomic E-state index is 0.252. The predicted molar refractivity (Wildman–Crippen MR) is 121 cm³/mol. The Labute approximate surface area is 187 Å². The van der Waals surface area contributed by atoms with Gasteiger partial charge in [0.2, 0.25) is 0 Å². The second kappa shape index (κ2) is 10.1. The van der Waals surface area contributed by atoms with Crippen LogP contribution in [0.1, 0.15) is 17.7 Å². The number of carbonyl (C=O) groups is 2. The highest BCUT2D eigenvalue weighted by molar-refractivity contribution is 7.99. The van der Waals surface area contributed by atoms with Gasteiger partial charge < -0.3 is 24.0 Å². The lowest BCUT2D eigenvalue weighted by Crippen LogP contribution is -2.45. The molecule has 1 amide bonds. The number of carbonyl (C=O) groups excluding carboxylic acids is 2. The molecule has 1 aliphatic heterocycles. The zero-order chi connectivity index (χ0) is 22.5. The molecular weight excluding hydrogens is 416 g/mol. The fraction of sp³-hybridized carbons (Fsp3) is 0.391. The third kappa shape index (κ3) is 5.32. The molecule has 2 atom stereocenters. The highest BCUT2D eigenvalue weighted by atomic mass is 32.2. The van der Waals surface area contributed by atoms with Gasteiger partial charge in [0.25, 0.3) is 5.91 Å². The van der Waals surface area contributed by atoms with Crippen molar-refractivity contribution in [2.24, 2.45) is 0 Å². The van der Waals surface area contributed by atoms with Crippen LogP contribution in [0.2, 0.25) is 0 Å². The van der Waals surface area contributed by atoms with Crippen molar-refractivity contribution >= 4 is 29.3 Å². The topological polar surface area (TPSA) is 68.3 Å². The Hall–Kier alpha value is -2.71. The lowest BCUT2D eigenvalue weighted by atomic mass is 10.1. The van der Waals surface area contributed by atoms with Gasteiger partial charge in [0.15, 0.2) is 6.10 Å². The van der Waals surface area contributed by atoms with Crippen molar-refractivity contribution in [3.05, 3.63) is 48.0 Å². The molecule has 0 unspecified atom stereocenters. The Morgan fingerprint density at radius 3 is 2.29 bits per heavy atom. The first-order chi connectivity index (χ1) is 14.8. The van der Waals surface area contributed by atoms with Gasteiger partial charge in [-0.1, -0.05) is 12.1 Å². The summed E-state index contributed by atoms with van der Waals surface area (Å²) < 4.78 is 16.3. The number of nitrogens with zero attached hydrogens (tertiary/aromatic N) is 2. The van der Waals surface area contributed by atoms with Crippen LogP contribution >= 0.6 is 11.8 Å². The van der Waals surface area contributed by atoms with Crippen molar-refractivity contribution in [3.63, 3.8) is 0 Å². The normalized spacial score (nSPS) is 18.4. The second-order valence-corrected chi connectivity index (χ2v) is 8.65. The molecular formula is C23H28N2O5S. The lowest BCUT2D eigenvalue weighted by molar-refractivity contribution is -0.152. The van der Waals surface area contributed by atoms with Crippen LogP contribution in [0.25, 0.3) is 0 Å². The van der Waals surface area contributed by atoms with Gasteiger partial charge in [-0.2, -0.15) is 0 Å². The largest absolute Gasteiger partial charge is 0.497 e. The number of benzene rings is 2. The Bertz CT molecular complexity index is 932. The molecule has 1 aliphatic rings. The number of amides is 1. The molecule has 8 heteroatoms. The van der Waals surface area contributed by atoms with E-state index in [1.165, 1.54) is 18.7 Å². The number of ether oxygens (including phenoxy) is 3. The Morgan fingerprint density at radius 1 is 1.06 bits per heavy atom. The SMILES string of the molecule is COc1ccc([C@@H]2Sc3ccc(OC)cc3N(CCN(C)C)C(=O)[C@H]2OC(C)=O)cc1. The smallest absolute Gasteiger partial charge is 0.303 e. The number of fused-ring (bicyclic) bond motifs is 1. The van der Waals surface area contributed by atoms with E-state index in [1.54, 1.807) is 19.1 Å². The molecule has 0 aliphatic carbocycles. The maximum atomic E-state index is 13.7. The molecule has 0 fully saturated rings. The van der Waals surface area contributed by atoms with Crippen LogP contribution in [0.15, 0.2) is 47.4 Å². The first kappa shape index (κ1) is 23.0. The maximum Gasteiger partial charge on any atom is 0.303 e. The van der Waals surface area contributed by atoms with E-state index in [0.29, 0.717) is 18.8 Å². The van der Waals surface area contributed by atoms with Crippen molar-refractivity contribution in [2.75, 3.05) is 46.3 Å². The zero-order valence-electron chi connectivity index (χ0n) is 18.5. The summed E-state index contributed by atoms with van der Waals surface area (Å²) in [6.07, 6.45) is -0.962. The van der Waals surface area contributed by atoms with E-state index in [-0.39, 0.29) is 5.91 Å². The average molecular weight is 445 g/mol. The van der Waals surface area contributed by atoms with Crippen molar-refractivity contribution < 1.29 is 23.8 Å². The maximum absolute atomic E-state index is 13.7. The summed E-state index contributed by atoms with van der Waals surface area (Å²) in [5.41, 5.74) is 1.63. The van der Waals surface area contributed by atoms with E-state index in [9.17, 15) is 9.59 Å². The van der Waals surface area contributed by atoms with E-state index in [0.717, 1.165) is 21.9 Å². The second-order valence-electron chi connectivity index (χ2n) is 7.47. The van der Waals surface area contributed by atoms with Gasteiger partial charge in [0, 0.05) is 31.0 Å². The number of rotatable bonds is 7. The van der Waals surface area contributed by atoms with E-state index >= 15 is 0 Å². The van der Waals surface area contributed by atoms with Crippen molar-refractivity contribution in [3.8, 4) is 11.5 Å². The number of anilines is 1. The average Bonchev–Trinajstić information content (AvgIpc) is 2.86. The van der Waals surface area contributed by atoms with Gasteiger partial charge in [-0.25, -0.2) is 0 Å². The van der Waals surface area contributed by atoms with Crippen LogP contribution < -0.4 is 14.4 Å². The molecule has 0 radical (unpaired) electrons. The summed E-state index contributed by atoms with van der Waals surface area (Å²) in [5, 5.41) is -0.404. The van der Waals surface area contributed by atoms with Crippen molar-refractivity contribution in [2.45, 2.75) is 23.2 Å². The Balaban J connectivity index is 2.10. The summed E-state index contributed by atoms with van der Waals surface area (Å²) in [4.78, 5) is 30.3. The van der Waals surface area contributed by atoms with Crippen LogP contribution in [-0.2, 0) is 14.3 Å². The molecule has 0 aromatic heterocycles. The number of methoxy groups -OCH3 is 2. The highest BCUT2D eigenvalue weighted by Gasteiger charge is 2.41. The molecule has 31 heavy (non-hydrogen) atoms. The standard InChI is InChI=1S/C23H28N2O5S/c1-15(26)30-21-22(16-6-8-17(28-4)9-7-16)31-20-11-10-18(29-5)14-19(20)25(23(21)27)13-12-24(2)3/h6-11,14,21-22H,12-13H2,1-5H3/t21-,22-/m0/s1. The summed E-state index contributed by atoms with van der Waals surface area (Å²) in [5.74, 6) is 0.635. The minimum atomic E-state index is -0.962. The minimum Gasteiger partial charge on any atom is -0.497 e. The molecule has 0 bridgehead atoms. The van der Waals surface area contributed by atoms with Gasteiger partial charge in [-0.3, -0.25) is 9.59 Å². The first-order valence-electron chi connectivity index (χ1n) is 9.96. The van der Waals surface area contributed by atoms with E-state index in [4.69, 9.17) is 14.2 Å². The number of hydrogen-bond donors (Lipinski definition) is 0. The summed E-state index contributed by atoms with van der Waals surface area (Å²) >= 11 is 1.51. The Kier molecular flexibility index (Phi) is 7.46. The predicted octanol–water partition coefficient (Wildman–Crippen LogP) is 3.38. The number of thioether (sulfide) groups is 1. The van der Waals surface area contributed by atoms with Crippen LogP contribution in [0, 0.1) is 0 Å². The molecule has 2 aromatic rings. The van der Waals surface area contributed by atoms with Gasteiger partial charge in [0.1, 0.15) is 11.5 Å². The molecule has 166 valence electrons. The van der Waals surface area contributed by atoms with Crippen LogP contribution in [0.4, 0.5) is 5.69 Å². The number of esters is 1. The fourth-order valence-electron chi connectivity index (χ4n) is 3.39. The van der Waals surface area contributed by atoms with E-state index in [1.807, 2.05) is 61.5 Å². The fourth-order valence-corrected chi connectivity index (χ4v) is 4.69. The molecule has 3 rings (SSSR count). The first-order valence-corrected chi connectivity index (χ1v) is 10.8. The monoisotopic (exact) mass is 444 g/mol. The van der Waals surface area contributed by atoms with Gasteiger partial charge in [-0.15, -0.1) is 11.8 Å². The molecule has 0 saturated carbocycles. The summed E-state index contributed by atoms with van der Waals surface area (Å²) in [7, 11) is 7.10. The zero-order valence-corrected chi connectivity index (χ0v) is 19.3. The van der Waals surface area contributed by atoms with Crippen molar-refractivity contribution in [1.82, 2.24) is 4.90 Å². The van der Waals surface area contributed by atoms with Gasteiger partial charge >= 0.3 is 5.97 Å². The molecule has 2 aromatic carbocycles. The number of hydrogen-bond acceptors (Lipinski definition) is 7. The molecule has 0 N–H and O–H groups in total. The summed E-state index contributed by atoms with van der Waals surface area (Å²) in [6.45, 7) is 2.45. The van der Waals surface area contributed by atoms with Gasteiger partial charge in [-0.05, 0) is 43.9 Å². The molecule has 0 saturated heterocycles. The third-order valence-corrected chi connectivity index (χ3v) is 6.38. The highest BCUT2D eigenvalue weighted by Crippen LogP contribution is 2.47. The molecule has 1 heterocycles. The third-order valence-electron chi connectivity index (χ3n) is 5.00. The molecule has 7 nitrogen and oxygen atoms in total. The van der Waals surface area contributed by atoms with Crippen LogP contribution in [0.5, 0.6) is 11.5 Å². The molecule has 0 spiro atoms.